The SMILES string of the molecule is [N-]=[N+]=C1C(O)=C[C@H](S(=O)(=O)O)c2cc([N+](=O)[O-])ccc21. The number of benzene rings is 1. The maximum Gasteiger partial charge on any atom is 0.363 e. The Balaban J connectivity index is 2.81. The van der Waals surface area contributed by atoms with E-state index in [0.29, 0.717) is 0 Å². The first kappa shape index (κ1) is 13.9. The van der Waals surface area contributed by atoms with Crippen molar-refractivity contribution in [2.75, 3.05) is 0 Å². The summed E-state index contributed by atoms with van der Waals surface area (Å²) in [6.07, 6.45) is 0.733. The lowest BCUT2D eigenvalue weighted by Gasteiger charge is -2.17. The average molecular weight is 297 g/mol. The molecule has 0 saturated carbocycles. The first-order valence-electron chi connectivity index (χ1n) is 5.14. The van der Waals surface area contributed by atoms with Crippen molar-refractivity contribution in [1.29, 1.82) is 0 Å². The van der Waals surface area contributed by atoms with Crippen LogP contribution in [-0.4, -0.2) is 33.5 Å². The van der Waals surface area contributed by atoms with Crippen LogP contribution in [0.5, 0.6) is 0 Å². The highest BCUT2D eigenvalue weighted by Crippen LogP contribution is 2.34. The number of aliphatic hydroxyl groups is 1. The fourth-order valence-electron chi connectivity index (χ4n) is 1.92. The van der Waals surface area contributed by atoms with Crippen molar-refractivity contribution in [3.8, 4) is 0 Å². The largest absolute Gasteiger partial charge is 0.502 e. The molecule has 2 rings (SSSR count). The number of aliphatic hydroxyl groups excluding tert-OH is 1. The molecule has 0 bridgehead atoms. The van der Waals surface area contributed by atoms with Gasteiger partial charge in [0.2, 0.25) is 5.76 Å². The molecule has 0 heterocycles. The highest BCUT2D eigenvalue weighted by Gasteiger charge is 2.37. The number of nitro groups is 1. The Bertz CT molecular complexity index is 791. The van der Waals surface area contributed by atoms with Gasteiger partial charge in [0.1, 0.15) is 5.25 Å². The Morgan fingerprint density at radius 2 is 2.05 bits per heavy atom. The summed E-state index contributed by atoms with van der Waals surface area (Å²) in [5.41, 5.74) is 7.89. The van der Waals surface area contributed by atoms with Crippen molar-refractivity contribution in [3.63, 3.8) is 0 Å². The van der Waals surface area contributed by atoms with Crippen LogP contribution in [0, 0.1) is 10.1 Å². The van der Waals surface area contributed by atoms with Gasteiger partial charge < -0.3 is 10.6 Å². The molecule has 0 saturated heterocycles. The molecule has 20 heavy (non-hydrogen) atoms. The number of hydrogen-bond acceptors (Lipinski definition) is 5. The molecule has 0 aromatic heterocycles. The number of allylic oxidation sites excluding steroid dienone is 1. The molecule has 1 aromatic rings. The summed E-state index contributed by atoms with van der Waals surface area (Å²) in [5, 5.41) is 18.6. The second-order valence-corrected chi connectivity index (χ2v) is 5.50. The molecule has 1 aliphatic carbocycles. The Morgan fingerprint density at radius 1 is 1.40 bits per heavy atom. The van der Waals surface area contributed by atoms with Crippen LogP contribution in [-0.2, 0) is 10.1 Å². The molecule has 1 aromatic carbocycles. The molecule has 0 radical (unpaired) electrons. The van der Waals surface area contributed by atoms with Gasteiger partial charge >= 0.3 is 5.71 Å². The molecule has 0 spiro atoms. The molecule has 1 atom stereocenters. The Kier molecular flexibility index (Phi) is 3.14. The van der Waals surface area contributed by atoms with Crippen LogP contribution >= 0.6 is 0 Å². The predicted molar refractivity (Wildman–Crippen MR) is 65.8 cm³/mol. The minimum Gasteiger partial charge on any atom is -0.502 e. The molecule has 0 aliphatic heterocycles. The molecular weight excluding hydrogens is 290 g/mol. The van der Waals surface area contributed by atoms with E-state index in [1.165, 1.54) is 0 Å². The summed E-state index contributed by atoms with van der Waals surface area (Å²) in [4.78, 5) is 12.8. The zero-order chi connectivity index (χ0) is 15.1. The van der Waals surface area contributed by atoms with E-state index >= 15 is 0 Å². The average Bonchev–Trinajstić information content (AvgIpc) is 2.36. The number of nitro benzene ring substituents is 1. The van der Waals surface area contributed by atoms with Crippen molar-refractivity contribution in [2.45, 2.75) is 5.25 Å². The highest BCUT2D eigenvalue weighted by atomic mass is 32.2. The van der Waals surface area contributed by atoms with Gasteiger partial charge in [-0.1, -0.05) is 0 Å². The molecule has 1 aliphatic rings. The van der Waals surface area contributed by atoms with Gasteiger partial charge in [0.05, 0.1) is 10.5 Å². The van der Waals surface area contributed by atoms with Crippen LogP contribution in [0.25, 0.3) is 5.53 Å². The number of non-ortho nitro benzene ring substituents is 1. The van der Waals surface area contributed by atoms with E-state index in [2.05, 4.69) is 4.79 Å². The molecule has 0 amide bonds. The van der Waals surface area contributed by atoms with Crippen LogP contribution in [0.15, 0.2) is 30.0 Å². The first-order valence-corrected chi connectivity index (χ1v) is 6.64. The summed E-state index contributed by atoms with van der Waals surface area (Å²) < 4.78 is 31.7. The van der Waals surface area contributed by atoms with Crippen molar-refractivity contribution in [1.82, 2.24) is 0 Å². The lowest BCUT2D eigenvalue weighted by molar-refractivity contribution is -0.384. The van der Waals surface area contributed by atoms with Crippen molar-refractivity contribution >= 4 is 21.5 Å². The van der Waals surface area contributed by atoms with E-state index in [-0.39, 0.29) is 16.8 Å². The van der Waals surface area contributed by atoms with Gasteiger partial charge in [-0.25, -0.2) is 0 Å². The molecule has 104 valence electrons. The minimum atomic E-state index is -4.64. The fourth-order valence-corrected chi connectivity index (χ4v) is 2.73. The second kappa shape index (κ2) is 4.53. The summed E-state index contributed by atoms with van der Waals surface area (Å²) in [7, 11) is -4.64. The van der Waals surface area contributed by atoms with Crippen LogP contribution in [0.1, 0.15) is 16.4 Å². The van der Waals surface area contributed by atoms with E-state index in [1.54, 1.807) is 0 Å². The van der Waals surface area contributed by atoms with E-state index < -0.39 is 31.7 Å². The monoisotopic (exact) mass is 297 g/mol. The van der Waals surface area contributed by atoms with Crippen LogP contribution in [0.4, 0.5) is 5.69 Å². The lowest BCUT2D eigenvalue weighted by atomic mass is 9.93. The van der Waals surface area contributed by atoms with Gasteiger partial charge in [0.15, 0.2) is 0 Å². The van der Waals surface area contributed by atoms with Gasteiger partial charge in [0.25, 0.3) is 15.8 Å². The third-order valence-electron chi connectivity index (χ3n) is 2.78. The third kappa shape index (κ3) is 2.18. The zero-order valence-electron chi connectivity index (χ0n) is 9.66. The summed E-state index contributed by atoms with van der Waals surface area (Å²) in [5.74, 6) is -0.656. The van der Waals surface area contributed by atoms with Crippen molar-refractivity contribution in [2.24, 2.45) is 0 Å². The molecule has 9 nitrogen and oxygen atoms in total. The van der Waals surface area contributed by atoms with Gasteiger partial charge in [-0.3, -0.25) is 14.7 Å². The Labute approximate surface area is 112 Å². The normalized spacial score (nSPS) is 17.9. The van der Waals surface area contributed by atoms with Crippen LogP contribution < -0.4 is 0 Å². The second-order valence-electron chi connectivity index (χ2n) is 3.96. The predicted octanol–water partition coefficient (Wildman–Crippen LogP) is 0.998. The Morgan fingerprint density at radius 3 is 2.55 bits per heavy atom. The molecular formula is C10H7N3O6S. The summed E-state index contributed by atoms with van der Waals surface area (Å²) in [6.45, 7) is 0. The zero-order valence-corrected chi connectivity index (χ0v) is 10.5. The summed E-state index contributed by atoms with van der Waals surface area (Å²) in [6, 6.07) is 3.12. The highest BCUT2D eigenvalue weighted by molar-refractivity contribution is 7.86. The number of rotatable bonds is 2. The molecule has 2 N–H and O–H groups in total. The van der Waals surface area contributed by atoms with E-state index in [1.807, 2.05) is 0 Å². The van der Waals surface area contributed by atoms with Crippen LogP contribution in [0.3, 0.4) is 0 Å². The maximum atomic E-state index is 11.3. The number of nitrogens with zero attached hydrogens (tertiary/aromatic N) is 3. The van der Waals surface area contributed by atoms with Gasteiger partial charge in [-0.05, 0) is 17.7 Å². The standard InChI is InChI=1S/C10H7N3O6S/c11-12-10-6-2-1-5(13(15)16)3-7(6)9(4-8(10)14)20(17,18)19/h1-4,9,14H,(H,17,18,19)/t9-/m0/s1. The van der Waals surface area contributed by atoms with E-state index in [0.717, 1.165) is 24.3 Å². The minimum absolute atomic E-state index is 0.0271. The topological polar surface area (TPSA) is 154 Å². The quantitative estimate of drug-likeness (QED) is 0.273. The van der Waals surface area contributed by atoms with Gasteiger partial charge in [-0.2, -0.15) is 13.2 Å². The van der Waals surface area contributed by atoms with Crippen molar-refractivity contribution < 1.29 is 27.8 Å². The van der Waals surface area contributed by atoms with Crippen LogP contribution in [0.2, 0.25) is 0 Å². The fraction of sp³-hybridized carbons (Fsp3) is 0.100. The van der Waals surface area contributed by atoms with E-state index in [9.17, 15) is 23.6 Å². The third-order valence-corrected chi connectivity index (χ3v) is 3.81. The number of fused-ring (bicyclic) bond motifs is 1. The van der Waals surface area contributed by atoms with Gasteiger partial charge in [-0.15, -0.1) is 0 Å². The molecule has 0 unspecified atom stereocenters. The van der Waals surface area contributed by atoms with Gasteiger partial charge in [0, 0.05) is 12.1 Å². The molecule has 10 heteroatoms. The molecule has 0 fully saturated rings. The summed E-state index contributed by atoms with van der Waals surface area (Å²) >= 11 is 0. The first-order chi connectivity index (χ1) is 9.25. The number of hydrogen-bond donors (Lipinski definition) is 2. The van der Waals surface area contributed by atoms with E-state index in [4.69, 9.17) is 10.1 Å². The van der Waals surface area contributed by atoms with Crippen molar-refractivity contribution in [3.05, 3.63) is 56.8 Å². The maximum absolute atomic E-state index is 11.3. The smallest absolute Gasteiger partial charge is 0.363 e. The Hall–Kier alpha value is -2.55. The lowest BCUT2D eigenvalue weighted by Crippen LogP contribution is -2.22.